The molecule has 0 saturated carbocycles. The molecule has 0 heterocycles. The van der Waals surface area contributed by atoms with Crippen molar-refractivity contribution < 1.29 is 28.5 Å². The summed E-state index contributed by atoms with van der Waals surface area (Å²) in [5, 5.41) is 3.20. The van der Waals surface area contributed by atoms with Gasteiger partial charge in [0, 0.05) is 11.6 Å². The van der Waals surface area contributed by atoms with Crippen molar-refractivity contribution >= 4 is 23.5 Å². The van der Waals surface area contributed by atoms with Crippen LogP contribution in [0.1, 0.15) is 12.5 Å². The first-order chi connectivity index (χ1) is 13.4. The predicted molar refractivity (Wildman–Crippen MR) is 104 cm³/mol. The van der Waals surface area contributed by atoms with Crippen LogP contribution >= 0.6 is 11.6 Å². The third kappa shape index (κ3) is 6.35. The minimum absolute atomic E-state index is 0.250. The second-order valence-electron chi connectivity index (χ2n) is 5.79. The normalized spacial score (nSPS) is 11.3. The fourth-order valence-electron chi connectivity index (χ4n) is 2.31. The van der Waals surface area contributed by atoms with E-state index < -0.39 is 18.0 Å². The maximum atomic E-state index is 12.1. The summed E-state index contributed by atoms with van der Waals surface area (Å²) in [4.78, 5) is 24.0. The van der Waals surface area contributed by atoms with Crippen LogP contribution in [-0.2, 0) is 20.9 Å². The molecular formula is C20H22ClNO6. The molecule has 2 aromatic rings. The van der Waals surface area contributed by atoms with E-state index in [-0.39, 0.29) is 13.2 Å². The van der Waals surface area contributed by atoms with Gasteiger partial charge in [-0.15, -0.1) is 0 Å². The molecule has 0 saturated heterocycles. The van der Waals surface area contributed by atoms with Gasteiger partial charge < -0.3 is 24.3 Å². The van der Waals surface area contributed by atoms with Crippen molar-refractivity contribution in [2.45, 2.75) is 19.6 Å². The Kier molecular flexibility index (Phi) is 7.95. The SMILES string of the molecule is COc1ccc(CNC(=O)[C@@H](C)OC(=O)COc2cccc(Cl)c2)cc1OC. The van der Waals surface area contributed by atoms with Gasteiger partial charge in [0.25, 0.3) is 5.91 Å². The number of amides is 1. The van der Waals surface area contributed by atoms with E-state index in [0.717, 1.165) is 5.56 Å². The number of carbonyl (C=O) groups is 2. The summed E-state index contributed by atoms with van der Waals surface area (Å²) in [5.41, 5.74) is 0.814. The zero-order chi connectivity index (χ0) is 20.5. The molecule has 0 aliphatic rings. The third-order valence-corrected chi connectivity index (χ3v) is 3.98. The van der Waals surface area contributed by atoms with Crippen LogP contribution in [-0.4, -0.2) is 38.8 Å². The first-order valence-corrected chi connectivity index (χ1v) is 8.87. The van der Waals surface area contributed by atoms with Gasteiger partial charge in [0.15, 0.2) is 24.2 Å². The van der Waals surface area contributed by atoms with E-state index >= 15 is 0 Å². The zero-order valence-electron chi connectivity index (χ0n) is 15.9. The molecule has 28 heavy (non-hydrogen) atoms. The Hall–Kier alpha value is -2.93. The molecule has 0 aromatic heterocycles. The summed E-state index contributed by atoms with van der Waals surface area (Å²) in [7, 11) is 3.08. The standard InChI is InChI=1S/C20H22ClNO6/c1-13(28-19(23)12-27-16-6-4-5-15(21)10-16)20(24)22-11-14-7-8-17(25-2)18(9-14)26-3/h4-10,13H,11-12H2,1-3H3,(H,22,24)/t13-/m1/s1. The van der Waals surface area contributed by atoms with Crippen molar-refractivity contribution in [1.29, 1.82) is 0 Å². The molecule has 150 valence electrons. The number of rotatable bonds is 9. The molecule has 0 spiro atoms. The third-order valence-electron chi connectivity index (χ3n) is 3.74. The van der Waals surface area contributed by atoms with Crippen LogP contribution in [0.5, 0.6) is 17.2 Å². The summed E-state index contributed by atoms with van der Waals surface area (Å²) in [5.74, 6) is 0.515. The Balaban J connectivity index is 1.79. The predicted octanol–water partition coefficient (Wildman–Crippen LogP) is 2.98. The maximum Gasteiger partial charge on any atom is 0.344 e. The quantitative estimate of drug-likeness (QED) is 0.643. The van der Waals surface area contributed by atoms with Crippen molar-refractivity contribution in [3.05, 3.63) is 53.1 Å². The lowest BCUT2D eigenvalue weighted by Crippen LogP contribution is -2.36. The van der Waals surface area contributed by atoms with E-state index in [0.29, 0.717) is 22.3 Å². The van der Waals surface area contributed by atoms with Gasteiger partial charge >= 0.3 is 5.97 Å². The highest BCUT2D eigenvalue weighted by molar-refractivity contribution is 6.30. The number of halogens is 1. The minimum Gasteiger partial charge on any atom is -0.493 e. The van der Waals surface area contributed by atoms with E-state index in [1.807, 2.05) is 0 Å². The van der Waals surface area contributed by atoms with Crippen molar-refractivity contribution in [1.82, 2.24) is 5.32 Å². The van der Waals surface area contributed by atoms with Gasteiger partial charge in [-0.3, -0.25) is 4.79 Å². The Morgan fingerprint density at radius 3 is 2.50 bits per heavy atom. The van der Waals surface area contributed by atoms with Gasteiger partial charge in [-0.05, 0) is 42.8 Å². The van der Waals surface area contributed by atoms with E-state index in [9.17, 15) is 9.59 Å². The smallest absolute Gasteiger partial charge is 0.344 e. The highest BCUT2D eigenvalue weighted by Gasteiger charge is 2.18. The molecule has 2 rings (SSSR count). The van der Waals surface area contributed by atoms with E-state index in [2.05, 4.69) is 5.32 Å². The molecule has 1 amide bonds. The Morgan fingerprint density at radius 1 is 1.07 bits per heavy atom. The lowest BCUT2D eigenvalue weighted by atomic mass is 10.2. The van der Waals surface area contributed by atoms with Gasteiger partial charge in [0.1, 0.15) is 5.75 Å². The minimum atomic E-state index is -0.962. The lowest BCUT2D eigenvalue weighted by Gasteiger charge is -2.15. The number of methoxy groups -OCH3 is 2. The topological polar surface area (TPSA) is 83.1 Å². The van der Waals surface area contributed by atoms with Crippen molar-refractivity contribution in [2.75, 3.05) is 20.8 Å². The van der Waals surface area contributed by atoms with Crippen LogP contribution in [0.15, 0.2) is 42.5 Å². The first kappa shape index (κ1) is 21.4. The summed E-state index contributed by atoms with van der Waals surface area (Å²) in [6.07, 6.45) is -0.962. The molecule has 8 heteroatoms. The van der Waals surface area contributed by atoms with E-state index in [1.165, 1.54) is 14.0 Å². The number of esters is 1. The largest absolute Gasteiger partial charge is 0.493 e. The molecule has 0 fully saturated rings. The van der Waals surface area contributed by atoms with Crippen LogP contribution in [0.2, 0.25) is 5.02 Å². The average molecular weight is 408 g/mol. The molecule has 0 unspecified atom stereocenters. The van der Waals surface area contributed by atoms with E-state index in [4.69, 9.17) is 30.5 Å². The maximum absolute atomic E-state index is 12.1. The molecule has 1 N–H and O–H groups in total. The molecule has 1 atom stereocenters. The lowest BCUT2D eigenvalue weighted by molar-refractivity contribution is -0.156. The van der Waals surface area contributed by atoms with E-state index in [1.54, 1.807) is 49.6 Å². The van der Waals surface area contributed by atoms with Gasteiger partial charge in [-0.1, -0.05) is 23.7 Å². The highest BCUT2D eigenvalue weighted by atomic mass is 35.5. The average Bonchev–Trinajstić information content (AvgIpc) is 2.70. The van der Waals surface area contributed by atoms with Gasteiger partial charge in [0.2, 0.25) is 0 Å². The fraction of sp³-hybridized carbons (Fsp3) is 0.300. The number of carbonyl (C=O) groups excluding carboxylic acids is 2. The second kappa shape index (κ2) is 10.4. The van der Waals surface area contributed by atoms with Crippen LogP contribution < -0.4 is 19.5 Å². The number of hydrogen-bond donors (Lipinski definition) is 1. The Morgan fingerprint density at radius 2 is 1.82 bits per heavy atom. The number of ether oxygens (including phenoxy) is 4. The Labute approximate surface area is 168 Å². The Bertz CT molecular complexity index is 826. The number of nitrogens with one attached hydrogen (secondary N) is 1. The molecule has 2 aromatic carbocycles. The molecule has 0 aliphatic carbocycles. The number of hydrogen-bond acceptors (Lipinski definition) is 6. The molecule has 0 aliphatic heterocycles. The van der Waals surface area contributed by atoms with Crippen LogP contribution in [0.3, 0.4) is 0 Å². The van der Waals surface area contributed by atoms with Crippen LogP contribution in [0, 0.1) is 0 Å². The van der Waals surface area contributed by atoms with Crippen LogP contribution in [0.25, 0.3) is 0 Å². The molecule has 7 nitrogen and oxygen atoms in total. The van der Waals surface area contributed by atoms with Gasteiger partial charge in [-0.2, -0.15) is 0 Å². The first-order valence-electron chi connectivity index (χ1n) is 8.49. The molecule has 0 bridgehead atoms. The fourth-order valence-corrected chi connectivity index (χ4v) is 2.49. The summed E-state index contributed by atoms with van der Waals surface area (Å²) >= 11 is 5.84. The van der Waals surface area contributed by atoms with Gasteiger partial charge in [0.05, 0.1) is 14.2 Å². The van der Waals surface area contributed by atoms with Crippen molar-refractivity contribution in [2.24, 2.45) is 0 Å². The highest BCUT2D eigenvalue weighted by Crippen LogP contribution is 2.27. The number of benzene rings is 2. The van der Waals surface area contributed by atoms with Gasteiger partial charge in [-0.25, -0.2) is 4.79 Å². The summed E-state index contributed by atoms with van der Waals surface area (Å²) in [6.45, 7) is 1.41. The molecular weight excluding hydrogens is 386 g/mol. The second-order valence-corrected chi connectivity index (χ2v) is 6.22. The zero-order valence-corrected chi connectivity index (χ0v) is 16.6. The molecule has 0 radical (unpaired) electrons. The summed E-state index contributed by atoms with van der Waals surface area (Å²) < 4.78 is 20.8. The monoisotopic (exact) mass is 407 g/mol. The van der Waals surface area contributed by atoms with Crippen LogP contribution in [0.4, 0.5) is 0 Å². The van der Waals surface area contributed by atoms with Crippen molar-refractivity contribution in [3.8, 4) is 17.2 Å². The van der Waals surface area contributed by atoms with Crippen molar-refractivity contribution in [3.63, 3.8) is 0 Å². The summed E-state index contributed by atoms with van der Waals surface area (Å²) in [6, 6.07) is 11.9.